The van der Waals surface area contributed by atoms with Crippen LogP contribution >= 0.6 is 12.2 Å². The third-order valence-corrected chi connectivity index (χ3v) is 10.9. The lowest BCUT2D eigenvalue weighted by molar-refractivity contribution is 0.558. The van der Waals surface area contributed by atoms with Gasteiger partial charge < -0.3 is 0 Å². The van der Waals surface area contributed by atoms with Crippen LogP contribution in [0.15, 0.2) is 0 Å². The summed E-state index contributed by atoms with van der Waals surface area (Å²) >= 11 is 4.80. The second-order valence-electron chi connectivity index (χ2n) is 7.35. The first kappa shape index (κ1) is 26.5. The van der Waals surface area contributed by atoms with Crippen molar-refractivity contribution in [3.05, 3.63) is 0 Å². The summed E-state index contributed by atoms with van der Waals surface area (Å²) in [4.78, 5) is 0. The smallest absolute Gasteiger partial charge is 0.222 e. The molecule has 0 saturated carbocycles. The minimum absolute atomic E-state index is 0.0553. The van der Waals surface area contributed by atoms with Gasteiger partial charge in [-0.3, -0.25) is 0 Å². The molecule has 0 spiro atoms. The molecule has 0 aliphatic heterocycles. The van der Waals surface area contributed by atoms with Gasteiger partial charge in [-0.1, -0.05) is 90.3 Å². The van der Waals surface area contributed by atoms with Crippen molar-refractivity contribution in [2.75, 3.05) is 5.75 Å². The van der Waals surface area contributed by atoms with Crippen LogP contribution < -0.4 is 0 Å². The van der Waals surface area contributed by atoms with Crippen molar-refractivity contribution in [3.8, 4) is 6.07 Å². The van der Waals surface area contributed by atoms with E-state index in [-0.39, 0.29) is 12.2 Å². The van der Waals surface area contributed by atoms with Gasteiger partial charge in [0.15, 0.2) is 14.6 Å². The fraction of sp³-hybridized carbons (Fsp3) is 0.895. The molecule has 0 fully saturated rings. The van der Waals surface area contributed by atoms with E-state index in [1.807, 2.05) is 0 Å². The van der Waals surface area contributed by atoms with Gasteiger partial charge in [-0.05, 0) is 19.8 Å². The van der Waals surface area contributed by atoms with Crippen LogP contribution in [-0.2, 0) is 19.7 Å². The van der Waals surface area contributed by atoms with Gasteiger partial charge in [0.1, 0.15) is 0 Å². The van der Waals surface area contributed by atoms with E-state index in [1.165, 1.54) is 39.0 Å². The predicted octanol–water partition coefficient (Wildman–Crippen LogP) is 5.10. The molecule has 0 rings (SSSR count). The monoisotopic (exact) mass is 437 g/mol. The molecule has 0 aliphatic carbocycles. The van der Waals surface area contributed by atoms with E-state index < -0.39 is 28.0 Å². The minimum Gasteiger partial charge on any atom is -0.222 e. The van der Waals surface area contributed by atoms with Crippen LogP contribution in [0.25, 0.3) is 0 Å². The summed E-state index contributed by atoms with van der Waals surface area (Å²) in [5.74, 6) is -0.269. The summed E-state index contributed by atoms with van der Waals surface area (Å²) in [5, 5.41) is 9.25. The molecule has 0 radical (unpaired) electrons. The van der Waals surface area contributed by atoms with Crippen LogP contribution in [0, 0.1) is 11.3 Å². The molecule has 158 valence electrons. The van der Waals surface area contributed by atoms with Crippen molar-refractivity contribution in [2.45, 2.75) is 103 Å². The summed E-state index contributed by atoms with van der Waals surface area (Å²) in [6, 6.07) is 1.74. The first-order chi connectivity index (χ1) is 12.6. The summed E-state index contributed by atoms with van der Waals surface area (Å²) in [6.07, 6.45) is 11.1. The maximum absolute atomic E-state index is 12.6. The van der Waals surface area contributed by atoms with Crippen molar-refractivity contribution in [1.29, 1.82) is 5.26 Å². The standard InChI is InChI=1S/C19H35NO4S3/c1-4-6-7-8-9-10-11-12-13-14-16-26(21,22)18(25)27(23,24)19(3,17-20)15-5-2/h4-16H2,1-3H3. The average Bonchev–Trinajstić information content (AvgIpc) is 2.62. The molecule has 5 nitrogen and oxygen atoms in total. The quantitative estimate of drug-likeness (QED) is 0.277. The van der Waals surface area contributed by atoms with Crippen LogP contribution in [0.1, 0.15) is 97.8 Å². The fourth-order valence-corrected chi connectivity index (χ4v) is 7.59. The maximum atomic E-state index is 12.6. The lowest BCUT2D eigenvalue weighted by Crippen LogP contribution is -2.41. The molecule has 0 bridgehead atoms. The van der Waals surface area contributed by atoms with Crippen molar-refractivity contribution < 1.29 is 16.8 Å². The van der Waals surface area contributed by atoms with Gasteiger partial charge in [0.2, 0.25) is 13.4 Å². The highest BCUT2D eigenvalue weighted by atomic mass is 32.3. The van der Waals surface area contributed by atoms with Crippen LogP contribution in [0.5, 0.6) is 0 Å². The van der Waals surface area contributed by atoms with Crippen molar-refractivity contribution >= 4 is 35.4 Å². The Morgan fingerprint density at radius 2 is 1.30 bits per heavy atom. The molecule has 0 aliphatic rings. The van der Waals surface area contributed by atoms with E-state index in [0.29, 0.717) is 12.8 Å². The van der Waals surface area contributed by atoms with E-state index in [2.05, 4.69) is 6.92 Å². The Morgan fingerprint density at radius 3 is 1.70 bits per heavy atom. The second-order valence-corrected chi connectivity index (χ2v) is 12.9. The van der Waals surface area contributed by atoms with Gasteiger partial charge in [0, 0.05) is 0 Å². The maximum Gasteiger partial charge on any atom is 0.223 e. The Hall–Kier alpha value is -0.520. The molecule has 0 aromatic rings. The molecule has 0 N–H and O–H groups in total. The number of nitrogens with zero attached hydrogens (tertiary/aromatic N) is 1. The second kappa shape index (κ2) is 12.8. The highest BCUT2D eigenvalue weighted by molar-refractivity contribution is 8.41. The number of thiocarbonyl (C=S) groups is 1. The van der Waals surface area contributed by atoms with E-state index in [9.17, 15) is 22.1 Å². The first-order valence-electron chi connectivity index (χ1n) is 10.0. The summed E-state index contributed by atoms with van der Waals surface area (Å²) in [6.45, 7) is 5.18. The Morgan fingerprint density at radius 1 is 0.852 bits per heavy atom. The number of rotatable bonds is 14. The van der Waals surface area contributed by atoms with E-state index in [4.69, 9.17) is 12.2 Å². The van der Waals surface area contributed by atoms with E-state index >= 15 is 0 Å². The van der Waals surface area contributed by atoms with Gasteiger partial charge in [-0.25, -0.2) is 16.8 Å². The summed E-state index contributed by atoms with van der Waals surface area (Å²) in [5.41, 5.74) is 0. The Kier molecular flexibility index (Phi) is 12.6. The van der Waals surface area contributed by atoms with Gasteiger partial charge in [-0.2, -0.15) is 5.26 Å². The molecule has 1 atom stereocenters. The lowest BCUT2D eigenvalue weighted by Gasteiger charge is -2.21. The minimum atomic E-state index is -4.35. The number of hydrogen-bond acceptors (Lipinski definition) is 6. The highest BCUT2D eigenvalue weighted by Crippen LogP contribution is 2.27. The zero-order chi connectivity index (χ0) is 21.0. The molecule has 0 amide bonds. The molecular weight excluding hydrogens is 402 g/mol. The molecule has 0 aromatic heterocycles. The highest BCUT2D eigenvalue weighted by Gasteiger charge is 2.46. The zero-order valence-corrected chi connectivity index (χ0v) is 19.4. The normalized spacial score (nSPS) is 14.4. The van der Waals surface area contributed by atoms with Crippen LogP contribution in [0.4, 0.5) is 0 Å². The lowest BCUT2D eigenvalue weighted by atomic mass is 10.1. The molecule has 0 aromatic carbocycles. The van der Waals surface area contributed by atoms with Gasteiger partial charge in [-0.15, -0.1) is 0 Å². The predicted molar refractivity (Wildman–Crippen MR) is 116 cm³/mol. The van der Waals surface area contributed by atoms with Crippen LogP contribution in [0.3, 0.4) is 0 Å². The van der Waals surface area contributed by atoms with Crippen molar-refractivity contribution in [3.63, 3.8) is 0 Å². The molecule has 8 heteroatoms. The number of unbranched alkanes of at least 4 members (excludes halogenated alkanes) is 9. The fourth-order valence-electron chi connectivity index (χ4n) is 2.94. The van der Waals surface area contributed by atoms with Crippen molar-refractivity contribution in [1.82, 2.24) is 0 Å². The van der Waals surface area contributed by atoms with Gasteiger partial charge in [0.05, 0.1) is 11.8 Å². The molecular formula is C19H35NO4S3. The molecule has 27 heavy (non-hydrogen) atoms. The average molecular weight is 438 g/mol. The molecule has 0 saturated heterocycles. The van der Waals surface area contributed by atoms with Gasteiger partial charge in [0.25, 0.3) is 0 Å². The molecule has 1 unspecified atom stereocenters. The molecule has 0 heterocycles. The van der Waals surface area contributed by atoms with Crippen LogP contribution in [0.2, 0.25) is 0 Å². The van der Waals surface area contributed by atoms with Crippen LogP contribution in [-0.4, -0.2) is 30.9 Å². The van der Waals surface area contributed by atoms with Gasteiger partial charge >= 0.3 is 0 Å². The number of hydrogen-bond donors (Lipinski definition) is 0. The number of nitriles is 1. The third-order valence-electron chi connectivity index (χ3n) is 4.80. The Labute approximate surface area is 171 Å². The largest absolute Gasteiger partial charge is 0.223 e. The SMILES string of the molecule is CCCCCCCCCCCCS(=O)(=O)C(=S)S(=O)(=O)C(C)(C#N)CCC. The van der Waals surface area contributed by atoms with E-state index in [1.54, 1.807) is 13.0 Å². The summed E-state index contributed by atoms with van der Waals surface area (Å²) < 4.78 is 47.1. The Bertz CT molecular complexity index is 693. The Balaban J connectivity index is 4.44. The topological polar surface area (TPSA) is 92.1 Å². The third kappa shape index (κ3) is 8.57. The summed E-state index contributed by atoms with van der Waals surface area (Å²) in [7, 11) is -8.40. The first-order valence-corrected chi connectivity index (χ1v) is 13.6. The number of sulfone groups is 2. The zero-order valence-electron chi connectivity index (χ0n) is 17.0. The van der Waals surface area contributed by atoms with Crippen molar-refractivity contribution in [2.24, 2.45) is 0 Å². The van der Waals surface area contributed by atoms with E-state index in [0.717, 1.165) is 25.7 Å².